The molecule has 0 aliphatic carbocycles. The van der Waals surface area contributed by atoms with Crippen LogP contribution < -0.4 is 10.0 Å². The zero-order chi connectivity index (χ0) is 12.5. The molecule has 0 spiro atoms. The van der Waals surface area contributed by atoms with Crippen molar-refractivity contribution in [2.45, 2.75) is 11.5 Å². The number of hydrogen-bond acceptors (Lipinski definition) is 4. The van der Waals surface area contributed by atoms with Gasteiger partial charge in [-0.25, -0.2) is 0 Å². The first-order valence-electron chi connectivity index (χ1n) is 5.49. The Bertz CT molecular complexity index is 433. The summed E-state index contributed by atoms with van der Waals surface area (Å²) in [6.45, 7) is 0. The van der Waals surface area contributed by atoms with E-state index in [1.54, 1.807) is 7.11 Å². The second kappa shape index (κ2) is 5.50. The van der Waals surface area contributed by atoms with Gasteiger partial charge in [-0.1, -0.05) is 0 Å². The Labute approximate surface area is 119 Å². The Morgan fingerprint density at radius 3 is 2.18 bits per heavy atom. The predicted octanol–water partition coefficient (Wildman–Crippen LogP) is 3.90. The van der Waals surface area contributed by atoms with Gasteiger partial charge in [0.15, 0.2) is 0 Å². The van der Waals surface area contributed by atoms with Crippen LogP contribution in [-0.2, 0) is 11.8 Å². The molecule has 0 N–H and O–H groups in total. The van der Waals surface area contributed by atoms with Gasteiger partial charge in [0.2, 0.25) is 0 Å². The van der Waals surface area contributed by atoms with Gasteiger partial charge in [-0.15, -0.1) is 0 Å². The van der Waals surface area contributed by atoms with Crippen molar-refractivity contribution in [3.8, 4) is 5.75 Å². The molecule has 1 aliphatic rings. The number of ether oxygens (including phenoxy) is 1. The number of benzene rings is 1. The van der Waals surface area contributed by atoms with Crippen molar-refractivity contribution in [1.29, 1.82) is 0 Å². The fraction of sp³-hybridized carbons (Fsp3) is 0.455. The van der Waals surface area contributed by atoms with Gasteiger partial charge < -0.3 is 0 Å². The van der Waals surface area contributed by atoms with Gasteiger partial charge in [-0.2, -0.15) is 0 Å². The molecule has 1 aromatic carbocycles. The van der Waals surface area contributed by atoms with Gasteiger partial charge in [0.05, 0.1) is 0 Å². The Balaban J connectivity index is 2.19. The van der Waals surface area contributed by atoms with Gasteiger partial charge in [0.25, 0.3) is 0 Å². The van der Waals surface area contributed by atoms with Crippen molar-refractivity contribution in [2.75, 3.05) is 16.3 Å². The SMILES string of the molecule is COc1ccc(P2(=S)S[CH2][Ge]([CH3])([CH3])[CH2]S2)cc1. The van der Waals surface area contributed by atoms with E-state index in [-0.39, 0.29) is 0 Å². The van der Waals surface area contributed by atoms with Crippen molar-refractivity contribution in [2.24, 2.45) is 0 Å². The third-order valence-electron chi connectivity index (χ3n) is 2.64. The van der Waals surface area contributed by atoms with Crippen LogP contribution in [-0.4, -0.2) is 29.5 Å². The zero-order valence-electron chi connectivity index (χ0n) is 10.3. The second-order valence-electron chi connectivity index (χ2n) is 4.91. The second-order valence-corrected chi connectivity index (χ2v) is 28.8. The number of hydrogen-bond donors (Lipinski definition) is 0. The van der Waals surface area contributed by atoms with E-state index in [1.807, 2.05) is 12.1 Å². The maximum absolute atomic E-state index is 5.93. The molecule has 6 heteroatoms. The van der Waals surface area contributed by atoms with E-state index in [1.165, 1.54) is 14.5 Å². The fourth-order valence-electron chi connectivity index (χ4n) is 1.51. The molecular formula is C11H17GeOPS3. The average molecular weight is 365 g/mol. The molecule has 1 heterocycles. The summed E-state index contributed by atoms with van der Waals surface area (Å²) in [6.07, 6.45) is 0. The van der Waals surface area contributed by atoms with Crippen molar-refractivity contribution < 1.29 is 4.74 Å². The van der Waals surface area contributed by atoms with E-state index < -0.39 is 17.7 Å². The standard InChI is InChI=1S/C11H17GeOPS3/c1-12(2)8-16-14(15,17-9-12)11-6-4-10(13-3)5-7-11/h4-7H,8-9H2,1-3H3. The summed E-state index contributed by atoms with van der Waals surface area (Å²) in [5.41, 5.74) is 0. The van der Waals surface area contributed by atoms with E-state index in [0.29, 0.717) is 0 Å². The Morgan fingerprint density at radius 2 is 1.71 bits per heavy atom. The molecular weight excluding hydrogens is 348 g/mol. The Morgan fingerprint density at radius 1 is 1.18 bits per heavy atom. The van der Waals surface area contributed by atoms with Crippen LogP contribution in [0.15, 0.2) is 24.3 Å². The fourth-order valence-corrected chi connectivity index (χ4v) is 40.8. The van der Waals surface area contributed by atoms with Gasteiger partial charge in [0.1, 0.15) is 0 Å². The van der Waals surface area contributed by atoms with Crippen LogP contribution in [0.5, 0.6) is 5.75 Å². The van der Waals surface area contributed by atoms with Crippen LogP contribution in [0.2, 0.25) is 11.5 Å². The summed E-state index contributed by atoms with van der Waals surface area (Å²) in [6, 6.07) is 8.38. The van der Waals surface area contributed by atoms with E-state index in [4.69, 9.17) is 16.5 Å². The normalized spacial score (nSPS) is 22.1. The molecule has 0 aromatic heterocycles. The van der Waals surface area contributed by atoms with E-state index in [9.17, 15) is 0 Å². The number of rotatable bonds is 2. The van der Waals surface area contributed by atoms with Crippen molar-refractivity contribution in [3.63, 3.8) is 0 Å². The van der Waals surface area contributed by atoms with Crippen LogP contribution in [0, 0.1) is 0 Å². The van der Waals surface area contributed by atoms with Gasteiger partial charge in [-0.05, 0) is 0 Å². The van der Waals surface area contributed by atoms with Crippen LogP contribution >= 0.6 is 27.2 Å². The molecule has 1 nitrogen and oxygen atoms in total. The summed E-state index contributed by atoms with van der Waals surface area (Å²) >= 11 is 8.62. The first-order valence-corrected chi connectivity index (χ1v) is 18.6. The zero-order valence-corrected chi connectivity index (χ0v) is 15.7. The topological polar surface area (TPSA) is 9.23 Å². The summed E-state index contributed by atoms with van der Waals surface area (Å²) in [7, 11) is 1.70. The molecule has 0 radical (unpaired) electrons. The van der Waals surface area contributed by atoms with Crippen molar-refractivity contribution >= 4 is 57.6 Å². The quantitative estimate of drug-likeness (QED) is 0.581. The summed E-state index contributed by atoms with van der Waals surface area (Å²) < 4.78 is 6.49. The molecule has 0 bridgehead atoms. The first kappa shape index (κ1) is 14.3. The average Bonchev–Trinajstić information content (AvgIpc) is 2.34. The minimum absolute atomic E-state index is 0.917. The molecule has 0 saturated carbocycles. The molecule has 1 saturated heterocycles. The molecule has 2 rings (SSSR count). The molecule has 0 unspecified atom stereocenters. The third-order valence-corrected chi connectivity index (χ3v) is 29.3. The molecule has 0 atom stereocenters. The third kappa shape index (κ3) is 3.47. The Kier molecular flexibility index (Phi) is 4.63. The summed E-state index contributed by atoms with van der Waals surface area (Å²) in [5.74, 6) is 5.93. The molecule has 0 amide bonds. The van der Waals surface area contributed by atoms with Crippen molar-refractivity contribution in [3.05, 3.63) is 24.3 Å². The van der Waals surface area contributed by atoms with E-state index in [0.717, 1.165) is 5.75 Å². The molecule has 17 heavy (non-hydrogen) atoms. The van der Waals surface area contributed by atoms with E-state index in [2.05, 4.69) is 46.4 Å². The van der Waals surface area contributed by atoms with Gasteiger partial charge in [0, 0.05) is 0 Å². The number of methoxy groups -OCH3 is 1. The molecule has 94 valence electrons. The van der Waals surface area contributed by atoms with Crippen LogP contribution in [0.1, 0.15) is 0 Å². The maximum atomic E-state index is 5.93. The van der Waals surface area contributed by atoms with Crippen LogP contribution in [0.4, 0.5) is 0 Å². The molecule has 1 aliphatic heterocycles. The predicted molar refractivity (Wildman–Crippen MR) is 89.3 cm³/mol. The van der Waals surface area contributed by atoms with Crippen molar-refractivity contribution in [1.82, 2.24) is 0 Å². The van der Waals surface area contributed by atoms with Gasteiger partial charge in [-0.3, -0.25) is 0 Å². The van der Waals surface area contributed by atoms with E-state index >= 15 is 0 Å². The monoisotopic (exact) mass is 366 g/mol. The minimum atomic E-state index is -1.45. The summed E-state index contributed by atoms with van der Waals surface area (Å²) in [5, 5.41) is 1.35. The summed E-state index contributed by atoms with van der Waals surface area (Å²) in [4.78, 5) is 0. The first-order chi connectivity index (χ1) is 7.95. The van der Waals surface area contributed by atoms with Gasteiger partial charge >= 0.3 is 120 Å². The molecule has 1 aromatic rings. The van der Waals surface area contributed by atoms with Crippen LogP contribution in [0.3, 0.4) is 0 Å². The van der Waals surface area contributed by atoms with Crippen LogP contribution in [0.25, 0.3) is 0 Å². The Hall–Kier alpha value is 0.913. The molecule has 1 fully saturated rings.